The van der Waals surface area contributed by atoms with Gasteiger partial charge in [-0.05, 0) is 37.3 Å². The molecule has 1 aliphatic heterocycles. The molecule has 1 saturated heterocycles. The van der Waals surface area contributed by atoms with E-state index < -0.39 is 0 Å². The van der Waals surface area contributed by atoms with Crippen LogP contribution in [0.1, 0.15) is 25.7 Å². The standard InChI is InChI=1S/C11H21NO/c1-13-8-11(9-3-2-4-9)10-5-6-12-7-10/h9-12H,2-8H2,1H3. The Morgan fingerprint density at radius 1 is 1.31 bits per heavy atom. The number of rotatable bonds is 4. The molecule has 0 aromatic rings. The highest BCUT2D eigenvalue weighted by molar-refractivity contribution is 4.86. The van der Waals surface area contributed by atoms with E-state index in [0.717, 1.165) is 24.4 Å². The first-order valence-electron chi connectivity index (χ1n) is 5.61. The molecular formula is C11H21NO. The Labute approximate surface area is 81.0 Å². The fourth-order valence-electron chi connectivity index (χ4n) is 2.76. The van der Waals surface area contributed by atoms with Gasteiger partial charge in [0.15, 0.2) is 0 Å². The normalized spacial score (nSPS) is 31.6. The van der Waals surface area contributed by atoms with Crippen molar-refractivity contribution in [1.29, 1.82) is 0 Å². The Hall–Kier alpha value is -0.0800. The molecule has 0 amide bonds. The first-order valence-corrected chi connectivity index (χ1v) is 5.61. The molecule has 0 bridgehead atoms. The van der Waals surface area contributed by atoms with Gasteiger partial charge in [-0.3, -0.25) is 0 Å². The van der Waals surface area contributed by atoms with Crippen molar-refractivity contribution in [3.63, 3.8) is 0 Å². The van der Waals surface area contributed by atoms with Gasteiger partial charge in [0.05, 0.1) is 0 Å². The molecule has 0 radical (unpaired) electrons. The van der Waals surface area contributed by atoms with Crippen LogP contribution in [0, 0.1) is 17.8 Å². The Morgan fingerprint density at radius 3 is 2.62 bits per heavy atom. The van der Waals surface area contributed by atoms with Crippen LogP contribution in [0.3, 0.4) is 0 Å². The van der Waals surface area contributed by atoms with E-state index in [9.17, 15) is 0 Å². The van der Waals surface area contributed by atoms with Crippen LogP contribution in [0.15, 0.2) is 0 Å². The lowest BCUT2D eigenvalue weighted by molar-refractivity contribution is 0.0553. The van der Waals surface area contributed by atoms with Crippen LogP contribution in [-0.2, 0) is 4.74 Å². The summed E-state index contributed by atoms with van der Waals surface area (Å²) in [6.45, 7) is 3.43. The molecule has 76 valence electrons. The average Bonchev–Trinajstić information content (AvgIpc) is 2.51. The van der Waals surface area contributed by atoms with E-state index in [-0.39, 0.29) is 0 Å². The summed E-state index contributed by atoms with van der Waals surface area (Å²) in [6, 6.07) is 0. The zero-order valence-corrected chi connectivity index (χ0v) is 8.59. The number of nitrogens with one attached hydrogen (secondary N) is 1. The van der Waals surface area contributed by atoms with Gasteiger partial charge >= 0.3 is 0 Å². The van der Waals surface area contributed by atoms with Crippen molar-refractivity contribution in [1.82, 2.24) is 5.32 Å². The molecule has 2 heteroatoms. The minimum Gasteiger partial charge on any atom is -0.384 e. The van der Waals surface area contributed by atoms with Crippen molar-refractivity contribution in [2.75, 3.05) is 26.8 Å². The third kappa shape index (κ3) is 2.05. The van der Waals surface area contributed by atoms with Gasteiger partial charge in [0.1, 0.15) is 0 Å². The number of hydrogen-bond donors (Lipinski definition) is 1. The second-order valence-electron chi connectivity index (χ2n) is 4.56. The van der Waals surface area contributed by atoms with Gasteiger partial charge < -0.3 is 10.1 Å². The Morgan fingerprint density at radius 2 is 2.15 bits per heavy atom. The number of ether oxygens (including phenoxy) is 1. The first-order chi connectivity index (χ1) is 6.42. The molecule has 2 unspecified atom stereocenters. The Bertz CT molecular complexity index is 150. The van der Waals surface area contributed by atoms with Gasteiger partial charge in [0.2, 0.25) is 0 Å². The topological polar surface area (TPSA) is 21.3 Å². The molecule has 2 aliphatic rings. The van der Waals surface area contributed by atoms with E-state index in [2.05, 4.69) is 5.32 Å². The van der Waals surface area contributed by atoms with Crippen LogP contribution in [-0.4, -0.2) is 26.8 Å². The fourth-order valence-corrected chi connectivity index (χ4v) is 2.76. The molecule has 2 nitrogen and oxygen atoms in total. The molecule has 1 saturated carbocycles. The van der Waals surface area contributed by atoms with E-state index in [1.54, 1.807) is 0 Å². The zero-order valence-electron chi connectivity index (χ0n) is 8.59. The first kappa shape index (κ1) is 9.47. The molecule has 0 aromatic heterocycles. The van der Waals surface area contributed by atoms with Gasteiger partial charge in [-0.25, -0.2) is 0 Å². The molecule has 0 spiro atoms. The van der Waals surface area contributed by atoms with Gasteiger partial charge in [0.25, 0.3) is 0 Å². The number of hydrogen-bond acceptors (Lipinski definition) is 2. The summed E-state index contributed by atoms with van der Waals surface area (Å²) in [4.78, 5) is 0. The Kier molecular flexibility index (Phi) is 3.23. The van der Waals surface area contributed by atoms with Gasteiger partial charge in [-0.1, -0.05) is 19.3 Å². The molecule has 13 heavy (non-hydrogen) atoms. The molecule has 2 fully saturated rings. The summed E-state index contributed by atoms with van der Waals surface area (Å²) in [5, 5.41) is 3.46. The third-order valence-electron chi connectivity index (χ3n) is 3.82. The summed E-state index contributed by atoms with van der Waals surface area (Å²) in [7, 11) is 1.84. The van der Waals surface area contributed by atoms with Crippen molar-refractivity contribution in [3.8, 4) is 0 Å². The molecule has 1 N–H and O–H groups in total. The molecule has 1 aliphatic carbocycles. The third-order valence-corrected chi connectivity index (χ3v) is 3.82. The van der Waals surface area contributed by atoms with Crippen LogP contribution >= 0.6 is 0 Å². The van der Waals surface area contributed by atoms with E-state index >= 15 is 0 Å². The van der Waals surface area contributed by atoms with E-state index in [1.807, 2.05) is 7.11 Å². The van der Waals surface area contributed by atoms with Crippen LogP contribution < -0.4 is 5.32 Å². The predicted molar refractivity (Wildman–Crippen MR) is 53.7 cm³/mol. The quantitative estimate of drug-likeness (QED) is 0.715. The molecule has 0 aromatic carbocycles. The van der Waals surface area contributed by atoms with Crippen LogP contribution in [0.5, 0.6) is 0 Å². The maximum absolute atomic E-state index is 5.35. The summed E-state index contributed by atoms with van der Waals surface area (Å²) in [6.07, 6.45) is 5.71. The van der Waals surface area contributed by atoms with E-state index in [4.69, 9.17) is 4.74 Å². The summed E-state index contributed by atoms with van der Waals surface area (Å²) in [5.74, 6) is 2.71. The highest BCUT2D eigenvalue weighted by Gasteiger charge is 2.34. The van der Waals surface area contributed by atoms with Crippen molar-refractivity contribution < 1.29 is 4.74 Å². The second-order valence-corrected chi connectivity index (χ2v) is 4.56. The molecular weight excluding hydrogens is 162 g/mol. The van der Waals surface area contributed by atoms with Gasteiger partial charge in [-0.15, -0.1) is 0 Å². The summed E-state index contributed by atoms with van der Waals surface area (Å²) >= 11 is 0. The average molecular weight is 183 g/mol. The predicted octanol–water partition coefficient (Wildman–Crippen LogP) is 1.66. The van der Waals surface area contributed by atoms with Crippen molar-refractivity contribution in [2.45, 2.75) is 25.7 Å². The lowest BCUT2D eigenvalue weighted by Gasteiger charge is -2.36. The fraction of sp³-hybridized carbons (Fsp3) is 1.00. The maximum atomic E-state index is 5.35. The molecule has 2 rings (SSSR count). The highest BCUT2D eigenvalue weighted by atomic mass is 16.5. The largest absolute Gasteiger partial charge is 0.384 e. The lowest BCUT2D eigenvalue weighted by atomic mass is 9.70. The minimum atomic E-state index is 0.841. The van der Waals surface area contributed by atoms with Gasteiger partial charge in [-0.2, -0.15) is 0 Å². The highest BCUT2D eigenvalue weighted by Crippen LogP contribution is 2.39. The van der Waals surface area contributed by atoms with Crippen molar-refractivity contribution in [3.05, 3.63) is 0 Å². The van der Waals surface area contributed by atoms with Crippen LogP contribution in [0.25, 0.3) is 0 Å². The minimum absolute atomic E-state index is 0.841. The Balaban J connectivity index is 1.86. The summed E-state index contributed by atoms with van der Waals surface area (Å²) in [5.41, 5.74) is 0. The monoisotopic (exact) mass is 183 g/mol. The van der Waals surface area contributed by atoms with E-state index in [1.165, 1.54) is 38.8 Å². The second kappa shape index (κ2) is 4.43. The SMILES string of the molecule is COCC(C1CCC1)C1CCNC1. The van der Waals surface area contributed by atoms with E-state index in [0.29, 0.717) is 0 Å². The van der Waals surface area contributed by atoms with Crippen molar-refractivity contribution in [2.24, 2.45) is 17.8 Å². The molecule has 2 atom stereocenters. The maximum Gasteiger partial charge on any atom is 0.0496 e. The number of methoxy groups -OCH3 is 1. The van der Waals surface area contributed by atoms with Crippen LogP contribution in [0.2, 0.25) is 0 Å². The smallest absolute Gasteiger partial charge is 0.0496 e. The van der Waals surface area contributed by atoms with Crippen molar-refractivity contribution >= 4 is 0 Å². The van der Waals surface area contributed by atoms with Crippen LogP contribution in [0.4, 0.5) is 0 Å². The lowest BCUT2D eigenvalue weighted by Crippen LogP contribution is -2.33. The summed E-state index contributed by atoms with van der Waals surface area (Å²) < 4.78 is 5.35. The molecule has 1 heterocycles. The van der Waals surface area contributed by atoms with Gasteiger partial charge in [0, 0.05) is 13.7 Å². The zero-order chi connectivity index (χ0) is 9.10.